The minimum absolute atomic E-state index is 0.0920. The quantitative estimate of drug-likeness (QED) is 0.581. The summed E-state index contributed by atoms with van der Waals surface area (Å²) in [5.74, 6) is 1.64. The lowest BCUT2D eigenvalue weighted by Gasteiger charge is -2.37. The van der Waals surface area contributed by atoms with Crippen LogP contribution in [-0.4, -0.2) is 16.3 Å². The molecule has 0 aromatic heterocycles. The molecule has 1 saturated carbocycles. The van der Waals surface area contributed by atoms with Gasteiger partial charge in [-0.05, 0) is 59.6 Å². The first-order chi connectivity index (χ1) is 11.8. The SMILES string of the molecule is CCCCCCC(C)(C)c1ccc(C2CC(O)CC(C)C2C)c(O)c1. The maximum absolute atomic E-state index is 10.7. The zero-order chi connectivity index (χ0) is 18.6. The van der Waals surface area contributed by atoms with Gasteiger partial charge in [-0.2, -0.15) is 0 Å². The molecule has 2 N–H and O–H groups in total. The second-order valence-electron chi connectivity index (χ2n) is 9.04. The fraction of sp³-hybridized carbons (Fsp3) is 0.739. The molecule has 25 heavy (non-hydrogen) atoms. The van der Waals surface area contributed by atoms with Crippen molar-refractivity contribution < 1.29 is 10.2 Å². The summed E-state index contributed by atoms with van der Waals surface area (Å²) in [7, 11) is 0. The van der Waals surface area contributed by atoms with Gasteiger partial charge in [0.05, 0.1) is 6.10 Å². The van der Waals surface area contributed by atoms with E-state index in [1.807, 2.05) is 6.07 Å². The number of hydrogen-bond donors (Lipinski definition) is 2. The van der Waals surface area contributed by atoms with Crippen LogP contribution in [0.4, 0.5) is 0 Å². The highest BCUT2D eigenvalue weighted by atomic mass is 16.3. The maximum atomic E-state index is 10.7. The van der Waals surface area contributed by atoms with Crippen molar-refractivity contribution in [2.75, 3.05) is 0 Å². The monoisotopic (exact) mass is 346 g/mol. The Bertz CT molecular complexity index is 549. The van der Waals surface area contributed by atoms with E-state index in [2.05, 4.69) is 46.8 Å². The first-order valence-electron chi connectivity index (χ1n) is 10.3. The van der Waals surface area contributed by atoms with Crippen LogP contribution in [-0.2, 0) is 5.41 Å². The minimum Gasteiger partial charge on any atom is -0.508 e. The van der Waals surface area contributed by atoms with Crippen molar-refractivity contribution in [2.45, 2.75) is 97.0 Å². The lowest BCUT2D eigenvalue weighted by atomic mass is 9.69. The molecule has 0 heterocycles. The van der Waals surface area contributed by atoms with Gasteiger partial charge in [-0.25, -0.2) is 0 Å². The largest absolute Gasteiger partial charge is 0.508 e. The van der Waals surface area contributed by atoms with Gasteiger partial charge in [0.15, 0.2) is 0 Å². The Morgan fingerprint density at radius 1 is 1.08 bits per heavy atom. The average Bonchev–Trinajstić information content (AvgIpc) is 2.55. The summed E-state index contributed by atoms with van der Waals surface area (Å²) in [6, 6.07) is 6.30. The Morgan fingerprint density at radius 3 is 2.44 bits per heavy atom. The zero-order valence-corrected chi connectivity index (χ0v) is 16.9. The molecule has 2 rings (SSSR count). The Kier molecular flexibility index (Phi) is 6.96. The molecular formula is C23H38O2. The highest BCUT2D eigenvalue weighted by Gasteiger charge is 2.34. The van der Waals surface area contributed by atoms with E-state index in [0.717, 1.165) is 24.8 Å². The Balaban J connectivity index is 2.14. The van der Waals surface area contributed by atoms with Gasteiger partial charge in [0.2, 0.25) is 0 Å². The number of rotatable bonds is 7. The van der Waals surface area contributed by atoms with Crippen LogP contribution in [0.25, 0.3) is 0 Å². The van der Waals surface area contributed by atoms with Crippen molar-refractivity contribution in [3.8, 4) is 5.75 Å². The Hall–Kier alpha value is -1.02. The van der Waals surface area contributed by atoms with Gasteiger partial charge in [-0.1, -0.05) is 72.4 Å². The van der Waals surface area contributed by atoms with Crippen LogP contribution < -0.4 is 0 Å². The third-order valence-corrected chi connectivity index (χ3v) is 6.57. The molecule has 0 spiro atoms. The molecule has 1 aromatic rings. The van der Waals surface area contributed by atoms with Crippen molar-refractivity contribution in [1.82, 2.24) is 0 Å². The van der Waals surface area contributed by atoms with Gasteiger partial charge in [-0.15, -0.1) is 0 Å². The molecule has 1 fully saturated rings. The average molecular weight is 347 g/mol. The van der Waals surface area contributed by atoms with Crippen LogP contribution in [0.2, 0.25) is 0 Å². The molecule has 0 bridgehead atoms. The standard InChI is InChI=1S/C23H38O2/c1-6-7-8-9-12-23(4,5)18-10-11-20(22(25)14-18)21-15-19(24)13-16(2)17(21)3/h10-11,14,16-17,19,21,24-25H,6-9,12-13,15H2,1-5H3. The van der Waals surface area contributed by atoms with E-state index in [-0.39, 0.29) is 17.4 Å². The topological polar surface area (TPSA) is 40.5 Å². The van der Waals surface area contributed by atoms with Crippen LogP contribution in [0.15, 0.2) is 18.2 Å². The van der Waals surface area contributed by atoms with E-state index < -0.39 is 0 Å². The van der Waals surface area contributed by atoms with Gasteiger partial charge in [0.1, 0.15) is 5.75 Å². The van der Waals surface area contributed by atoms with Crippen LogP contribution in [0.5, 0.6) is 5.75 Å². The van der Waals surface area contributed by atoms with Crippen LogP contribution >= 0.6 is 0 Å². The number of hydrogen-bond acceptors (Lipinski definition) is 2. The normalized spacial score (nSPS) is 27.4. The van der Waals surface area contributed by atoms with E-state index in [1.54, 1.807) is 0 Å². The molecule has 4 atom stereocenters. The molecule has 1 aliphatic rings. The zero-order valence-electron chi connectivity index (χ0n) is 16.9. The number of unbranched alkanes of at least 4 members (excludes halogenated alkanes) is 3. The minimum atomic E-state index is -0.245. The Morgan fingerprint density at radius 2 is 1.80 bits per heavy atom. The summed E-state index contributed by atoms with van der Waals surface area (Å²) in [6.45, 7) is 11.3. The van der Waals surface area contributed by atoms with Crippen LogP contribution in [0, 0.1) is 11.8 Å². The van der Waals surface area contributed by atoms with Gasteiger partial charge in [0, 0.05) is 0 Å². The first-order valence-corrected chi connectivity index (χ1v) is 10.3. The van der Waals surface area contributed by atoms with E-state index >= 15 is 0 Å². The predicted octanol–water partition coefficient (Wildman–Crippen LogP) is 6.15. The molecule has 0 radical (unpaired) electrons. The fourth-order valence-electron chi connectivity index (χ4n) is 4.47. The van der Waals surface area contributed by atoms with Gasteiger partial charge in [-0.3, -0.25) is 0 Å². The second kappa shape index (κ2) is 8.58. The summed E-state index contributed by atoms with van der Waals surface area (Å²) in [4.78, 5) is 0. The molecule has 2 heteroatoms. The van der Waals surface area contributed by atoms with Crippen LogP contribution in [0.1, 0.15) is 96.6 Å². The third-order valence-electron chi connectivity index (χ3n) is 6.57. The van der Waals surface area contributed by atoms with Crippen molar-refractivity contribution in [3.05, 3.63) is 29.3 Å². The first kappa shape index (κ1) is 20.3. The molecule has 0 aliphatic heterocycles. The highest BCUT2D eigenvalue weighted by Crippen LogP contribution is 2.44. The van der Waals surface area contributed by atoms with Gasteiger partial charge < -0.3 is 10.2 Å². The van der Waals surface area contributed by atoms with Crippen LogP contribution in [0.3, 0.4) is 0 Å². The van der Waals surface area contributed by atoms with Crippen molar-refractivity contribution >= 4 is 0 Å². The highest BCUT2D eigenvalue weighted by molar-refractivity contribution is 5.42. The molecule has 1 aromatic carbocycles. The molecule has 2 nitrogen and oxygen atoms in total. The number of aromatic hydroxyl groups is 1. The van der Waals surface area contributed by atoms with Gasteiger partial charge >= 0.3 is 0 Å². The lowest BCUT2D eigenvalue weighted by molar-refractivity contribution is 0.0646. The predicted molar refractivity (Wildman–Crippen MR) is 106 cm³/mol. The third kappa shape index (κ3) is 5.00. The lowest BCUT2D eigenvalue weighted by Crippen LogP contribution is -2.31. The van der Waals surface area contributed by atoms with Gasteiger partial charge in [0.25, 0.3) is 0 Å². The molecule has 4 unspecified atom stereocenters. The second-order valence-corrected chi connectivity index (χ2v) is 9.04. The summed E-state index contributed by atoms with van der Waals surface area (Å²) < 4.78 is 0. The number of phenolic OH excluding ortho intramolecular Hbond substituents is 1. The Labute approximate surface area is 154 Å². The molecule has 0 amide bonds. The molecular weight excluding hydrogens is 308 g/mol. The summed E-state index contributed by atoms with van der Waals surface area (Å²) in [5, 5.41) is 20.9. The molecule has 142 valence electrons. The van der Waals surface area contributed by atoms with Crippen molar-refractivity contribution in [2.24, 2.45) is 11.8 Å². The number of benzene rings is 1. The number of aliphatic hydroxyl groups excluding tert-OH is 1. The van der Waals surface area contributed by atoms with E-state index in [0.29, 0.717) is 17.6 Å². The summed E-state index contributed by atoms with van der Waals surface area (Å²) in [6.07, 6.45) is 7.65. The smallest absolute Gasteiger partial charge is 0.119 e. The van der Waals surface area contributed by atoms with Crippen molar-refractivity contribution in [1.29, 1.82) is 0 Å². The summed E-state index contributed by atoms with van der Waals surface area (Å²) in [5.41, 5.74) is 2.33. The number of aliphatic hydroxyl groups is 1. The molecule has 0 saturated heterocycles. The summed E-state index contributed by atoms with van der Waals surface area (Å²) >= 11 is 0. The maximum Gasteiger partial charge on any atom is 0.119 e. The number of phenols is 1. The van der Waals surface area contributed by atoms with E-state index in [1.165, 1.54) is 31.2 Å². The molecule has 1 aliphatic carbocycles. The van der Waals surface area contributed by atoms with E-state index in [4.69, 9.17) is 0 Å². The van der Waals surface area contributed by atoms with Crippen molar-refractivity contribution in [3.63, 3.8) is 0 Å². The van der Waals surface area contributed by atoms with E-state index in [9.17, 15) is 10.2 Å². The fourth-order valence-corrected chi connectivity index (χ4v) is 4.47.